The molecule has 0 aliphatic carbocycles. The molecule has 78 valence electrons. The molecular weight excluding hydrogens is 178 g/mol. The average molecular weight is 195 g/mol. The maximum atomic E-state index is 11.4. The molecule has 2 bridgehead atoms. The predicted octanol–water partition coefficient (Wildman–Crippen LogP) is 1.34. The van der Waals surface area contributed by atoms with Crippen LogP contribution >= 0.6 is 0 Å². The minimum absolute atomic E-state index is 0.134. The van der Waals surface area contributed by atoms with Crippen molar-refractivity contribution in [1.82, 2.24) is 4.90 Å². The van der Waals surface area contributed by atoms with Crippen molar-refractivity contribution in [2.45, 2.75) is 31.8 Å². The van der Waals surface area contributed by atoms with Crippen LogP contribution in [0.25, 0.3) is 0 Å². The topological polar surface area (TPSA) is 29.5 Å². The lowest BCUT2D eigenvalue weighted by atomic mass is 9.83. The van der Waals surface area contributed by atoms with Gasteiger partial charge in [0.05, 0.1) is 0 Å². The standard InChI is InChI=1S/C11H17NO2/c1-2-3-10(13)14-11-4-7-12(8-5-11)9-6-11/h2-3H,4-9H2,1H3/b3-2+. The van der Waals surface area contributed by atoms with Crippen molar-refractivity contribution in [3.63, 3.8) is 0 Å². The van der Waals surface area contributed by atoms with Crippen LogP contribution in [-0.2, 0) is 9.53 Å². The number of fused-ring (bicyclic) bond motifs is 3. The molecule has 14 heavy (non-hydrogen) atoms. The van der Waals surface area contributed by atoms with E-state index in [2.05, 4.69) is 4.90 Å². The van der Waals surface area contributed by atoms with E-state index in [0.29, 0.717) is 0 Å². The highest BCUT2D eigenvalue weighted by molar-refractivity contribution is 5.82. The van der Waals surface area contributed by atoms with Gasteiger partial charge in [0.2, 0.25) is 0 Å². The van der Waals surface area contributed by atoms with E-state index in [1.54, 1.807) is 6.08 Å². The molecule has 0 aromatic rings. The van der Waals surface area contributed by atoms with Crippen molar-refractivity contribution in [3.05, 3.63) is 12.2 Å². The number of carbonyl (C=O) groups excluding carboxylic acids is 1. The van der Waals surface area contributed by atoms with Crippen LogP contribution in [-0.4, -0.2) is 36.1 Å². The first kappa shape index (κ1) is 9.71. The summed E-state index contributed by atoms with van der Waals surface area (Å²) >= 11 is 0. The summed E-state index contributed by atoms with van der Waals surface area (Å²) in [7, 11) is 0. The fourth-order valence-corrected chi connectivity index (χ4v) is 2.33. The third-order valence-electron chi connectivity index (χ3n) is 3.27. The summed E-state index contributed by atoms with van der Waals surface area (Å²) in [6.07, 6.45) is 6.27. The third kappa shape index (κ3) is 1.82. The molecular formula is C11H17NO2. The first-order valence-corrected chi connectivity index (χ1v) is 5.32. The Hall–Kier alpha value is -0.830. The van der Waals surface area contributed by atoms with Crippen molar-refractivity contribution >= 4 is 5.97 Å². The van der Waals surface area contributed by atoms with Gasteiger partial charge in [-0.1, -0.05) is 6.08 Å². The Morgan fingerprint density at radius 1 is 1.29 bits per heavy atom. The Labute approximate surface area is 84.7 Å². The second kappa shape index (κ2) is 3.73. The minimum Gasteiger partial charge on any atom is -0.456 e. The van der Waals surface area contributed by atoms with Gasteiger partial charge in [-0.3, -0.25) is 0 Å². The Morgan fingerprint density at radius 2 is 1.86 bits per heavy atom. The predicted molar refractivity (Wildman–Crippen MR) is 53.9 cm³/mol. The summed E-state index contributed by atoms with van der Waals surface area (Å²) in [6, 6.07) is 0. The first-order chi connectivity index (χ1) is 6.74. The van der Waals surface area contributed by atoms with E-state index >= 15 is 0 Å². The van der Waals surface area contributed by atoms with E-state index in [9.17, 15) is 4.79 Å². The molecule has 0 amide bonds. The van der Waals surface area contributed by atoms with Crippen LogP contribution in [0.5, 0.6) is 0 Å². The zero-order valence-electron chi connectivity index (χ0n) is 8.66. The lowest BCUT2D eigenvalue weighted by Gasteiger charge is -2.47. The van der Waals surface area contributed by atoms with Crippen molar-refractivity contribution in [2.24, 2.45) is 0 Å². The molecule has 3 saturated heterocycles. The van der Waals surface area contributed by atoms with Crippen LogP contribution in [0.15, 0.2) is 12.2 Å². The number of rotatable bonds is 2. The minimum atomic E-state index is -0.178. The van der Waals surface area contributed by atoms with Gasteiger partial charge >= 0.3 is 5.97 Å². The van der Waals surface area contributed by atoms with Gasteiger partial charge in [0.1, 0.15) is 5.60 Å². The van der Waals surface area contributed by atoms with Gasteiger partial charge in [-0.2, -0.15) is 0 Å². The average Bonchev–Trinajstić information content (AvgIpc) is 2.20. The number of allylic oxidation sites excluding steroid dienone is 1. The Kier molecular flexibility index (Phi) is 2.59. The maximum absolute atomic E-state index is 11.4. The quantitative estimate of drug-likeness (QED) is 0.492. The van der Waals surface area contributed by atoms with Crippen molar-refractivity contribution in [2.75, 3.05) is 19.6 Å². The number of piperidine rings is 3. The molecule has 0 unspecified atom stereocenters. The molecule has 0 aromatic carbocycles. The molecule has 3 aliphatic rings. The number of carbonyl (C=O) groups is 1. The van der Waals surface area contributed by atoms with Gasteiger partial charge in [0.15, 0.2) is 0 Å². The SMILES string of the molecule is C/C=C/C(=O)OC12CCN(CC1)CC2. The van der Waals surface area contributed by atoms with Gasteiger partial charge in [0, 0.05) is 45.0 Å². The highest BCUT2D eigenvalue weighted by Gasteiger charge is 2.42. The van der Waals surface area contributed by atoms with Crippen LogP contribution in [0.4, 0.5) is 0 Å². The lowest BCUT2D eigenvalue weighted by Crippen LogP contribution is -2.54. The molecule has 3 aliphatic heterocycles. The smallest absolute Gasteiger partial charge is 0.330 e. The van der Waals surface area contributed by atoms with Gasteiger partial charge in [-0.25, -0.2) is 4.79 Å². The highest BCUT2D eigenvalue weighted by Crippen LogP contribution is 2.35. The molecule has 0 aromatic heterocycles. The number of hydrogen-bond acceptors (Lipinski definition) is 3. The van der Waals surface area contributed by atoms with E-state index in [4.69, 9.17) is 4.74 Å². The van der Waals surface area contributed by atoms with E-state index in [1.165, 1.54) is 6.08 Å². The molecule has 0 saturated carbocycles. The second-order valence-electron chi connectivity index (χ2n) is 4.20. The second-order valence-corrected chi connectivity index (χ2v) is 4.20. The van der Waals surface area contributed by atoms with Gasteiger partial charge in [0.25, 0.3) is 0 Å². The zero-order chi connectivity index (χ0) is 10.0. The van der Waals surface area contributed by atoms with Crippen molar-refractivity contribution in [1.29, 1.82) is 0 Å². The molecule has 3 nitrogen and oxygen atoms in total. The zero-order valence-corrected chi connectivity index (χ0v) is 8.66. The van der Waals surface area contributed by atoms with Crippen LogP contribution in [0.2, 0.25) is 0 Å². The first-order valence-electron chi connectivity index (χ1n) is 5.32. The van der Waals surface area contributed by atoms with Crippen molar-refractivity contribution in [3.8, 4) is 0 Å². The molecule has 0 N–H and O–H groups in total. The Morgan fingerprint density at radius 3 is 2.36 bits per heavy atom. The Balaban J connectivity index is 1.98. The van der Waals surface area contributed by atoms with Crippen LogP contribution < -0.4 is 0 Å². The van der Waals surface area contributed by atoms with Gasteiger partial charge < -0.3 is 9.64 Å². The molecule has 3 fully saturated rings. The third-order valence-corrected chi connectivity index (χ3v) is 3.27. The summed E-state index contributed by atoms with van der Waals surface area (Å²) < 4.78 is 5.55. The van der Waals surface area contributed by atoms with Crippen LogP contribution in [0.1, 0.15) is 26.2 Å². The molecule has 3 heterocycles. The number of ether oxygens (including phenoxy) is 1. The molecule has 3 rings (SSSR count). The van der Waals surface area contributed by atoms with E-state index in [0.717, 1.165) is 38.9 Å². The van der Waals surface area contributed by atoms with Crippen molar-refractivity contribution < 1.29 is 9.53 Å². The largest absolute Gasteiger partial charge is 0.456 e. The highest BCUT2D eigenvalue weighted by atomic mass is 16.6. The summed E-state index contributed by atoms with van der Waals surface area (Å²) in [4.78, 5) is 13.8. The molecule has 3 heteroatoms. The van der Waals surface area contributed by atoms with Crippen LogP contribution in [0, 0.1) is 0 Å². The summed E-state index contributed by atoms with van der Waals surface area (Å²) in [5, 5.41) is 0. The van der Waals surface area contributed by atoms with E-state index < -0.39 is 0 Å². The number of esters is 1. The normalized spacial score (nSPS) is 36.2. The monoisotopic (exact) mass is 195 g/mol. The van der Waals surface area contributed by atoms with E-state index in [1.807, 2.05) is 6.92 Å². The fraction of sp³-hybridized carbons (Fsp3) is 0.727. The Bertz CT molecular complexity index is 238. The maximum Gasteiger partial charge on any atom is 0.330 e. The fourth-order valence-electron chi connectivity index (χ4n) is 2.33. The van der Waals surface area contributed by atoms with Crippen LogP contribution in [0.3, 0.4) is 0 Å². The van der Waals surface area contributed by atoms with E-state index in [-0.39, 0.29) is 11.6 Å². The van der Waals surface area contributed by atoms with Gasteiger partial charge in [-0.05, 0) is 6.92 Å². The molecule has 0 radical (unpaired) electrons. The number of hydrogen-bond donors (Lipinski definition) is 0. The van der Waals surface area contributed by atoms with Gasteiger partial charge in [-0.15, -0.1) is 0 Å². The summed E-state index contributed by atoms with van der Waals surface area (Å²) in [5.41, 5.74) is -0.134. The molecule has 0 atom stereocenters. The summed E-state index contributed by atoms with van der Waals surface area (Å²) in [6.45, 7) is 5.10. The number of nitrogens with zero attached hydrogens (tertiary/aromatic N) is 1. The lowest BCUT2D eigenvalue weighted by molar-refractivity contribution is -0.166. The molecule has 0 spiro atoms. The summed E-state index contributed by atoms with van der Waals surface area (Å²) in [5.74, 6) is -0.178.